The van der Waals surface area contributed by atoms with Crippen molar-refractivity contribution in [2.75, 3.05) is 35.3 Å². The Morgan fingerprint density at radius 2 is 2.09 bits per heavy atom. The van der Waals surface area contributed by atoms with E-state index in [4.69, 9.17) is 5.73 Å². The molecule has 1 aliphatic rings. The molecule has 1 atom stereocenters. The molecule has 0 saturated heterocycles. The van der Waals surface area contributed by atoms with Gasteiger partial charge in [0.1, 0.15) is 17.1 Å². The Balaban J connectivity index is 1.47. The van der Waals surface area contributed by atoms with Crippen LogP contribution in [-0.4, -0.2) is 53.6 Å². The smallest absolute Gasteiger partial charge is 0.246 e. The van der Waals surface area contributed by atoms with Gasteiger partial charge in [0.15, 0.2) is 0 Å². The highest BCUT2D eigenvalue weighted by atomic mass is 32.1. The van der Waals surface area contributed by atoms with Gasteiger partial charge >= 0.3 is 0 Å². The minimum Gasteiger partial charge on any atom is -0.376 e. The minimum atomic E-state index is -0.830. The van der Waals surface area contributed by atoms with E-state index >= 15 is 0 Å². The first-order chi connectivity index (χ1) is 16.8. The zero-order valence-corrected chi connectivity index (χ0v) is 20.8. The van der Waals surface area contributed by atoms with Crippen molar-refractivity contribution >= 4 is 46.7 Å². The highest BCUT2D eigenvalue weighted by molar-refractivity contribution is 7.09. The topological polar surface area (TPSA) is 122 Å². The van der Waals surface area contributed by atoms with Gasteiger partial charge in [-0.25, -0.2) is 4.98 Å². The molecule has 2 heterocycles. The lowest BCUT2D eigenvalue weighted by Gasteiger charge is -2.22. The van der Waals surface area contributed by atoms with Gasteiger partial charge in [-0.05, 0) is 55.6 Å². The number of hydrogen-bond acceptors (Lipinski definition) is 8. The molecule has 2 amide bonds. The van der Waals surface area contributed by atoms with E-state index in [0.29, 0.717) is 19.3 Å². The van der Waals surface area contributed by atoms with E-state index in [1.165, 1.54) is 16.4 Å². The van der Waals surface area contributed by atoms with E-state index < -0.39 is 6.04 Å². The molecule has 0 saturated carbocycles. The Morgan fingerprint density at radius 3 is 2.80 bits per heavy atom. The number of hydrogen-bond donors (Lipinski definition) is 2. The van der Waals surface area contributed by atoms with Gasteiger partial charge in [0.25, 0.3) is 0 Å². The number of aromatic nitrogens is 2. The Morgan fingerprint density at radius 1 is 1.29 bits per heavy atom. The van der Waals surface area contributed by atoms with Gasteiger partial charge in [0.05, 0.1) is 12.6 Å². The van der Waals surface area contributed by atoms with E-state index in [1.54, 1.807) is 11.9 Å². The quantitative estimate of drug-likeness (QED) is 0.464. The van der Waals surface area contributed by atoms with Crippen LogP contribution >= 0.6 is 11.5 Å². The molecule has 1 unspecified atom stereocenters. The molecular formula is C25H28N6O3S. The summed E-state index contributed by atoms with van der Waals surface area (Å²) in [5.41, 5.74) is 10.9. The van der Waals surface area contributed by atoms with Crippen molar-refractivity contribution in [3.05, 3.63) is 53.3 Å². The maximum Gasteiger partial charge on any atom is 0.246 e. The number of aldehydes is 1. The summed E-state index contributed by atoms with van der Waals surface area (Å²) >= 11 is 1.35. The highest BCUT2D eigenvalue weighted by Gasteiger charge is 2.28. The number of anilines is 3. The fourth-order valence-electron chi connectivity index (χ4n) is 4.14. The minimum absolute atomic E-state index is 0.0607. The first-order valence-electron chi connectivity index (χ1n) is 11.3. The molecule has 0 bridgehead atoms. The molecule has 3 N–H and O–H groups in total. The molecule has 35 heavy (non-hydrogen) atoms. The highest BCUT2D eigenvalue weighted by Crippen LogP contribution is 2.35. The third kappa shape index (κ3) is 5.23. The van der Waals surface area contributed by atoms with Crippen LogP contribution in [-0.2, 0) is 20.8 Å². The third-order valence-corrected chi connectivity index (χ3v) is 6.92. The maximum atomic E-state index is 13.2. The fraction of sp³-hybridized carbons (Fsp3) is 0.320. The monoisotopic (exact) mass is 492 g/mol. The van der Waals surface area contributed by atoms with Gasteiger partial charge in [-0.1, -0.05) is 18.2 Å². The number of carbonyl (C=O) groups is 3. The molecule has 10 heteroatoms. The van der Waals surface area contributed by atoms with Gasteiger partial charge in [-0.3, -0.25) is 9.59 Å². The van der Waals surface area contributed by atoms with Crippen LogP contribution in [0.5, 0.6) is 0 Å². The van der Waals surface area contributed by atoms with Crippen molar-refractivity contribution in [2.24, 2.45) is 5.73 Å². The molecule has 0 fully saturated rings. The average Bonchev–Trinajstić information content (AvgIpc) is 3.49. The summed E-state index contributed by atoms with van der Waals surface area (Å²) in [5, 5.41) is 4.11. The molecule has 1 aliphatic heterocycles. The largest absolute Gasteiger partial charge is 0.376 e. The zero-order valence-electron chi connectivity index (χ0n) is 19.9. The molecule has 4 rings (SSSR count). The van der Waals surface area contributed by atoms with Gasteiger partial charge in [-0.2, -0.15) is 4.37 Å². The number of nitrogens with one attached hydrogen (secondary N) is 1. The second-order valence-electron chi connectivity index (χ2n) is 8.56. The number of amides is 2. The third-order valence-electron chi connectivity index (χ3n) is 6.07. The Kier molecular flexibility index (Phi) is 7.23. The Hall–Kier alpha value is -3.63. The normalized spacial score (nSPS) is 13.3. The van der Waals surface area contributed by atoms with Crippen molar-refractivity contribution in [3.63, 3.8) is 0 Å². The lowest BCUT2D eigenvalue weighted by Crippen LogP contribution is -2.34. The predicted molar refractivity (Wildman–Crippen MR) is 138 cm³/mol. The summed E-state index contributed by atoms with van der Waals surface area (Å²) in [7, 11) is 1.66. The second-order valence-corrected chi connectivity index (χ2v) is 9.31. The summed E-state index contributed by atoms with van der Waals surface area (Å²) in [5.74, 6) is 0.432. The first kappa shape index (κ1) is 24.5. The molecular weight excluding hydrogens is 464 g/mol. The van der Waals surface area contributed by atoms with E-state index in [1.807, 2.05) is 50.2 Å². The van der Waals surface area contributed by atoms with Crippen LogP contribution in [0.1, 0.15) is 23.4 Å². The number of rotatable bonds is 8. The Bertz CT molecular complexity index is 1270. The predicted octanol–water partition coefficient (Wildman–Crippen LogP) is 2.70. The van der Waals surface area contributed by atoms with Gasteiger partial charge in [0, 0.05) is 48.2 Å². The number of nitrogens with two attached hydrogens (primary N) is 1. The van der Waals surface area contributed by atoms with Crippen LogP contribution in [0.25, 0.3) is 10.6 Å². The van der Waals surface area contributed by atoms with Crippen LogP contribution in [0.2, 0.25) is 0 Å². The van der Waals surface area contributed by atoms with Crippen LogP contribution in [0.4, 0.5) is 17.1 Å². The van der Waals surface area contributed by atoms with Crippen molar-refractivity contribution in [2.45, 2.75) is 32.7 Å². The molecule has 9 nitrogen and oxygen atoms in total. The first-order valence-corrected chi connectivity index (χ1v) is 12.1. The van der Waals surface area contributed by atoms with Crippen molar-refractivity contribution < 1.29 is 14.4 Å². The van der Waals surface area contributed by atoms with Crippen molar-refractivity contribution in [1.82, 2.24) is 9.36 Å². The standard InChI is InChI=1S/C25H28N6O3S/c1-15-7-8-17(25-28-16(2)29-35-25)11-20(15)27-13-24(34)31-10-9-19-21(5-4-6-22(19)31)30(3)23(33)12-18(26)14-32/h4-8,11,14,18,27H,9-10,12-13,26H2,1-3H3. The molecule has 182 valence electrons. The van der Waals surface area contributed by atoms with E-state index in [9.17, 15) is 14.4 Å². The van der Waals surface area contributed by atoms with Gasteiger partial charge in [-0.15, -0.1) is 0 Å². The van der Waals surface area contributed by atoms with Crippen molar-refractivity contribution in [1.29, 1.82) is 0 Å². The molecule has 3 aromatic rings. The fourth-order valence-corrected chi connectivity index (χ4v) is 4.80. The summed E-state index contributed by atoms with van der Waals surface area (Å²) in [4.78, 5) is 44.2. The molecule has 0 spiro atoms. The van der Waals surface area contributed by atoms with Crippen molar-refractivity contribution in [3.8, 4) is 10.6 Å². The number of nitrogens with zero attached hydrogens (tertiary/aromatic N) is 4. The van der Waals surface area contributed by atoms with Gasteiger partial charge < -0.3 is 25.6 Å². The number of aryl methyl sites for hydroxylation is 2. The van der Waals surface area contributed by atoms with Gasteiger partial charge in [0.2, 0.25) is 11.8 Å². The summed E-state index contributed by atoms with van der Waals surface area (Å²) in [6.45, 7) is 4.51. The summed E-state index contributed by atoms with van der Waals surface area (Å²) in [6.07, 6.45) is 1.14. The maximum absolute atomic E-state index is 13.2. The van der Waals surface area contributed by atoms with Crippen LogP contribution in [0, 0.1) is 13.8 Å². The molecule has 1 aromatic heterocycles. The number of carbonyl (C=O) groups excluding carboxylic acids is 3. The van der Waals surface area contributed by atoms with E-state index in [2.05, 4.69) is 14.7 Å². The average molecular weight is 493 g/mol. The Labute approximate surface area is 208 Å². The summed E-state index contributed by atoms with van der Waals surface area (Å²) < 4.78 is 4.24. The molecule has 0 radical (unpaired) electrons. The second kappa shape index (κ2) is 10.3. The molecule has 2 aromatic carbocycles. The SMILES string of the molecule is Cc1nsc(-c2ccc(C)c(NCC(=O)N3CCc4c(N(C)C(=O)CC(N)C=O)cccc43)c2)n1. The van der Waals surface area contributed by atoms with Crippen LogP contribution < -0.4 is 20.9 Å². The van der Waals surface area contributed by atoms with E-state index in [0.717, 1.165) is 44.6 Å². The van der Waals surface area contributed by atoms with Crippen LogP contribution in [0.3, 0.4) is 0 Å². The number of benzene rings is 2. The summed E-state index contributed by atoms with van der Waals surface area (Å²) in [6, 6.07) is 10.7. The lowest BCUT2D eigenvalue weighted by molar-refractivity contribution is -0.120. The van der Waals surface area contributed by atoms with Crippen LogP contribution in [0.15, 0.2) is 36.4 Å². The zero-order chi connectivity index (χ0) is 25.1. The molecule has 0 aliphatic carbocycles. The van der Waals surface area contributed by atoms with E-state index in [-0.39, 0.29) is 24.8 Å². The lowest BCUT2D eigenvalue weighted by atomic mass is 10.1. The number of fused-ring (bicyclic) bond motifs is 1.